The van der Waals surface area contributed by atoms with Crippen molar-refractivity contribution in [2.45, 2.75) is 18.5 Å². The van der Waals surface area contributed by atoms with Crippen molar-refractivity contribution in [1.29, 1.82) is 0 Å². The molecule has 1 aliphatic heterocycles. The van der Waals surface area contributed by atoms with Gasteiger partial charge < -0.3 is 15.5 Å². The zero-order valence-electron chi connectivity index (χ0n) is 11.4. The van der Waals surface area contributed by atoms with Gasteiger partial charge in [0.25, 0.3) is 0 Å². The standard InChI is InChI=1S/C14H21Cl2N3/c1-18-6-7-19(2)10(9-18)8-13(17)11-4-3-5-12(15)14(11)16/h3-5,10,13H,6-9,17H2,1-2H3. The van der Waals surface area contributed by atoms with Crippen LogP contribution in [0.3, 0.4) is 0 Å². The van der Waals surface area contributed by atoms with Gasteiger partial charge in [-0.15, -0.1) is 0 Å². The molecule has 2 unspecified atom stereocenters. The Morgan fingerprint density at radius 1 is 1.32 bits per heavy atom. The van der Waals surface area contributed by atoms with E-state index >= 15 is 0 Å². The molecule has 1 fully saturated rings. The van der Waals surface area contributed by atoms with Gasteiger partial charge in [-0.05, 0) is 32.1 Å². The first-order valence-electron chi connectivity index (χ1n) is 6.57. The van der Waals surface area contributed by atoms with E-state index in [4.69, 9.17) is 28.9 Å². The normalized spacial score (nSPS) is 23.5. The maximum absolute atomic E-state index is 6.31. The number of rotatable bonds is 3. The highest BCUT2D eigenvalue weighted by molar-refractivity contribution is 6.42. The van der Waals surface area contributed by atoms with Gasteiger partial charge in [-0.2, -0.15) is 0 Å². The fraction of sp³-hybridized carbons (Fsp3) is 0.571. The smallest absolute Gasteiger partial charge is 0.0640 e. The Balaban J connectivity index is 2.07. The van der Waals surface area contributed by atoms with E-state index in [9.17, 15) is 0 Å². The monoisotopic (exact) mass is 301 g/mol. The lowest BCUT2D eigenvalue weighted by atomic mass is 9.98. The molecule has 1 aromatic carbocycles. The summed E-state index contributed by atoms with van der Waals surface area (Å²) < 4.78 is 0. The maximum Gasteiger partial charge on any atom is 0.0640 e. The number of hydrogen-bond acceptors (Lipinski definition) is 3. The van der Waals surface area contributed by atoms with Crippen molar-refractivity contribution >= 4 is 23.2 Å². The van der Waals surface area contributed by atoms with Crippen molar-refractivity contribution in [2.24, 2.45) is 5.73 Å². The van der Waals surface area contributed by atoms with Crippen LogP contribution in [0.1, 0.15) is 18.0 Å². The molecule has 2 rings (SSSR count). The summed E-state index contributed by atoms with van der Waals surface area (Å²) in [5.74, 6) is 0. The molecule has 19 heavy (non-hydrogen) atoms. The van der Waals surface area contributed by atoms with Crippen LogP contribution < -0.4 is 5.73 Å². The van der Waals surface area contributed by atoms with E-state index in [0.29, 0.717) is 16.1 Å². The average molecular weight is 302 g/mol. The number of hydrogen-bond donors (Lipinski definition) is 1. The molecule has 1 saturated heterocycles. The predicted octanol–water partition coefficient (Wildman–Crippen LogP) is 2.63. The van der Waals surface area contributed by atoms with Gasteiger partial charge in [0.1, 0.15) is 0 Å². The third kappa shape index (κ3) is 3.61. The second-order valence-corrected chi connectivity index (χ2v) is 6.17. The molecule has 3 nitrogen and oxygen atoms in total. The zero-order chi connectivity index (χ0) is 14.0. The molecule has 0 aliphatic carbocycles. The molecule has 0 aromatic heterocycles. The molecular weight excluding hydrogens is 281 g/mol. The molecule has 0 saturated carbocycles. The Hall–Kier alpha value is -0.320. The van der Waals surface area contributed by atoms with Gasteiger partial charge in [0.2, 0.25) is 0 Å². The minimum atomic E-state index is -0.0786. The van der Waals surface area contributed by atoms with Crippen LogP contribution in [0.15, 0.2) is 18.2 Å². The third-order valence-electron chi connectivity index (χ3n) is 3.89. The van der Waals surface area contributed by atoms with Crippen LogP contribution >= 0.6 is 23.2 Å². The summed E-state index contributed by atoms with van der Waals surface area (Å²) in [4.78, 5) is 4.72. The molecule has 106 valence electrons. The molecule has 1 aromatic rings. The van der Waals surface area contributed by atoms with Gasteiger partial charge in [-0.1, -0.05) is 35.3 Å². The Labute approximate surface area is 125 Å². The van der Waals surface area contributed by atoms with Gasteiger partial charge in [-0.25, -0.2) is 0 Å². The fourth-order valence-electron chi connectivity index (χ4n) is 2.58. The quantitative estimate of drug-likeness (QED) is 0.931. The van der Waals surface area contributed by atoms with Crippen LogP contribution in [0.5, 0.6) is 0 Å². The lowest BCUT2D eigenvalue weighted by molar-refractivity contribution is 0.104. The third-order valence-corrected chi connectivity index (χ3v) is 4.72. The first-order valence-corrected chi connectivity index (χ1v) is 7.33. The summed E-state index contributed by atoms with van der Waals surface area (Å²) in [7, 11) is 4.31. The maximum atomic E-state index is 6.31. The van der Waals surface area contributed by atoms with E-state index in [2.05, 4.69) is 23.9 Å². The first-order chi connectivity index (χ1) is 8.99. The van der Waals surface area contributed by atoms with Crippen molar-refractivity contribution in [1.82, 2.24) is 9.80 Å². The zero-order valence-corrected chi connectivity index (χ0v) is 13.0. The number of likely N-dealkylation sites (N-methyl/N-ethyl adjacent to an activating group) is 2. The summed E-state index contributed by atoms with van der Waals surface area (Å²) in [6, 6.07) is 6.04. The molecule has 2 atom stereocenters. The van der Waals surface area contributed by atoms with Crippen LogP contribution in [0, 0.1) is 0 Å². The summed E-state index contributed by atoms with van der Waals surface area (Å²) in [5.41, 5.74) is 7.26. The van der Waals surface area contributed by atoms with Crippen LogP contribution in [0.25, 0.3) is 0 Å². The van der Waals surface area contributed by atoms with E-state index in [1.165, 1.54) is 0 Å². The molecular formula is C14H21Cl2N3. The van der Waals surface area contributed by atoms with E-state index < -0.39 is 0 Å². The van der Waals surface area contributed by atoms with E-state index in [0.717, 1.165) is 31.6 Å². The van der Waals surface area contributed by atoms with Crippen molar-refractivity contribution in [3.63, 3.8) is 0 Å². The van der Waals surface area contributed by atoms with E-state index in [1.807, 2.05) is 12.1 Å². The van der Waals surface area contributed by atoms with Crippen molar-refractivity contribution < 1.29 is 0 Å². The summed E-state index contributed by atoms with van der Waals surface area (Å²) >= 11 is 12.3. The Morgan fingerprint density at radius 2 is 2.05 bits per heavy atom. The lowest BCUT2D eigenvalue weighted by Gasteiger charge is -2.39. The van der Waals surface area contributed by atoms with Crippen molar-refractivity contribution in [3.05, 3.63) is 33.8 Å². The number of nitrogens with zero attached hydrogens (tertiary/aromatic N) is 2. The number of benzene rings is 1. The van der Waals surface area contributed by atoms with Gasteiger partial charge in [-0.3, -0.25) is 0 Å². The fourth-order valence-corrected chi connectivity index (χ4v) is 3.03. The summed E-state index contributed by atoms with van der Waals surface area (Å²) in [6.07, 6.45) is 0.890. The van der Waals surface area contributed by atoms with E-state index in [-0.39, 0.29) is 6.04 Å². The topological polar surface area (TPSA) is 32.5 Å². The summed E-state index contributed by atoms with van der Waals surface area (Å²) in [5, 5.41) is 1.16. The van der Waals surface area contributed by atoms with Crippen LogP contribution in [-0.2, 0) is 0 Å². The number of halogens is 2. The van der Waals surface area contributed by atoms with Crippen molar-refractivity contribution in [2.75, 3.05) is 33.7 Å². The molecule has 0 bridgehead atoms. The average Bonchev–Trinajstić information content (AvgIpc) is 2.37. The van der Waals surface area contributed by atoms with Crippen LogP contribution in [0.2, 0.25) is 10.0 Å². The number of piperazine rings is 1. The number of nitrogens with two attached hydrogens (primary N) is 1. The Morgan fingerprint density at radius 3 is 2.79 bits per heavy atom. The molecule has 1 heterocycles. The molecule has 5 heteroatoms. The van der Waals surface area contributed by atoms with Gasteiger partial charge in [0.15, 0.2) is 0 Å². The molecule has 1 aliphatic rings. The Bertz CT molecular complexity index is 439. The van der Waals surface area contributed by atoms with Crippen molar-refractivity contribution in [3.8, 4) is 0 Å². The summed E-state index contributed by atoms with van der Waals surface area (Å²) in [6.45, 7) is 3.24. The van der Waals surface area contributed by atoms with Crippen LogP contribution in [-0.4, -0.2) is 49.6 Å². The predicted molar refractivity (Wildman–Crippen MR) is 81.9 cm³/mol. The lowest BCUT2D eigenvalue weighted by Crippen LogP contribution is -2.50. The minimum Gasteiger partial charge on any atom is -0.324 e. The van der Waals surface area contributed by atoms with Gasteiger partial charge >= 0.3 is 0 Å². The Kier molecular flexibility index (Phi) is 5.09. The largest absolute Gasteiger partial charge is 0.324 e. The molecule has 0 amide bonds. The van der Waals surface area contributed by atoms with E-state index in [1.54, 1.807) is 6.07 Å². The molecule has 0 radical (unpaired) electrons. The van der Waals surface area contributed by atoms with Gasteiger partial charge in [0.05, 0.1) is 10.0 Å². The first kappa shape index (κ1) is 15.1. The van der Waals surface area contributed by atoms with Gasteiger partial charge in [0, 0.05) is 31.7 Å². The second-order valence-electron chi connectivity index (χ2n) is 5.38. The van der Waals surface area contributed by atoms with Crippen LogP contribution in [0.4, 0.5) is 0 Å². The highest BCUT2D eigenvalue weighted by atomic mass is 35.5. The minimum absolute atomic E-state index is 0.0786. The molecule has 0 spiro atoms. The highest BCUT2D eigenvalue weighted by Crippen LogP contribution is 2.31. The molecule has 2 N–H and O–H groups in total. The highest BCUT2D eigenvalue weighted by Gasteiger charge is 2.25. The SMILES string of the molecule is CN1CCN(C)C(CC(N)c2cccc(Cl)c2Cl)C1. The second kappa shape index (κ2) is 6.42.